The van der Waals surface area contributed by atoms with E-state index in [9.17, 15) is 14.3 Å². The molecule has 6 heteroatoms. The highest BCUT2D eigenvalue weighted by Crippen LogP contribution is 2.40. The third-order valence-electron chi connectivity index (χ3n) is 3.52. The molecule has 0 amide bonds. The van der Waals surface area contributed by atoms with Gasteiger partial charge in [0.2, 0.25) is 0 Å². The van der Waals surface area contributed by atoms with Gasteiger partial charge in [0.15, 0.2) is 0 Å². The van der Waals surface area contributed by atoms with Crippen LogP contribution < -0.4 is 0 Å². The number of aliphatic hydroxyl groups excluding tert-OH is 1. The summed E-state index contributed by atoms with van der Waals surface area (Å²) in [5.74, 6) is -1.16. The number of carbonyl (C=O) groups excluding carboxylic acids is 1. The first-order chi connectivity index (χ1) is 12.6. The normalized spacial score (nSPS) is 17.2. The smallest absolute Gasteiger partial charge is 0.344 e. The molecule has 3 rings (SSSR count). The number of benzene rings is 2. The molecule has 4 nitrogen and oxygen atoms in total. The molecule has 0 unspecified atom stereocenters. The molecule has 1 aliphatic rings. The van der Waals surface area contributed by atoms with Crippen LogP contribution in [0.3, 0.4) is 0 Å². The van der Waals surface area contributed by atoms with Gasteiger partial charge in [0.05, 0.1) is 17.2 Å². The van der Waals surface area contributed by atoms with Gasteiger partial charge >= 0.3 is 5.97 Å². The zero-order chi connectivity index (χ0) is 18.5. The highest BCUT2D eigenvalue weighted by Gasteiger charge is 2.33. The molecule has 0 saturated carbocycles. The molecule has 0 radical (unpaired) electrons. The van der Waals surface area contributed by atoms with E-state index in [1.54, 1.807) is 37.3 Å². The van der Waals surface area contributed by atoms with Crippen molar-refractivity contribution in [3.63, 3.8) is 0 Å². The summed E-state index contributed by atoms with van der Waals surface area (Å²) in [4.78, 5) is 17.2. The van der Waals surface area contributed by atoms with Crippen molar-refractivity contribution in [2.24, 2.45) is 4.99 Å². The Bertz CT molecular complexity index is 902. The van der Waals surface area contributed by atoms with Gasteiger partial charge in [-0.15, -0.1) is 0 Å². The van der Waals surface area contributed by atoms with Crippen molar-refractivity contribution >= 4 is 34.5 Å². The number of aliphatic hydroxyl groups is 1. The number of rotatable bonds is 4. The summed E-state index contributed by atoms with van der Waals surface area (Å²) in [6.45, 7) is 1.89. The molecule has 2 aromatic rings. The lowest BCUT2D eigenvalue weighted by Crippen LogP contribution is -2.12. The molecule has 0 spiro atoms. The van der Waals surface area contributed by atoms with Crippen molar-refractivity contribution in [1.29, 1.82) is 0 Å². The summed E-state index contributed by atoms with van der Waals surface area (Å²) in [5, 5.41) is 10.9. The zero-order valence-electron chi connectivity index (χ0n) is 14.0. The van der Waals surface area contributed by atoms with Crippen LogP contribution in [-0.4, -0.2) is 22.7 Å². The minimum Gasteiger partial charge on any atom is -0.506 e. The van der Waals surface area contributed by atoms with Crippen molar-refractivity contribution in [3.05, 3.63) is 82.2 Å². The van der Waals surface area contributed by atoms with Crippen molar-refractivity contribution in [2.75, 3.05) is 6.61 Å². The van der Waals surface area contributed by atoms with Crippen LogP contribution in [0.4, 0.5) is 10.1 Å². The van der Waals surface area contributed by atoms with E-state index in [0.29, 0.717) is 21.2 Å². The number of carbonyl (C=O) groups is 1. The van der Waals surface area contributed by atoms with Crippen LogP contribution in [0, 0.1) is 5.82 Å². The summed E-state index contributed by atoms with van der Waals surface area (Å²) >= 11 is 1.17. The third kappa shape index (κ3) is 4.03. The van der Waals surface area contributed by atoms with Gasteiger partial charge in [0.1, 0.15) is 22.2 Å². The van der Waals surface area contributed by atoms with E-state index in [-0.39, 0.29) is 23.8 Å². The summed E-state index contributed by atoms with van der Waals surface area (Å²) in [6.07, 6.45) is 1.67. The van der Waals surface area contributed by atoms with E-state index in [1.165, 1.54) is 23.9 Å². The molecule has 26 heavy (non-hydrogen) atoms. The second-order valence-corrected chi connectivity index (χ2v) is 6.39. The summed E-state index contributed by atoms with van der Waals surface area (Å²) in [7, 11) is 0. The number of aliphatic imine (C=N–C) groups is 1. The minimum absolute atomic E-state index is 0.0362. The van der Waals surface area contributed by atoms with Crippen molar-refractivity contribution in [2.45, 2.75) is 6.92 Å². The average molecular weight is 369 g/mol. The molecule has 0 aliphatic carbocycles. The standard InChI is InChI=1S/C20H16FNO3S/c1-2-25-20(24)17-18(23)16(12-13-8-10-14(21)11-9-13)26-19(17)22-15-6-4-3-5-7-15/h3-12,23H,2H2,1H3/b16-12-,22-19?. The van der Waals surface area contributed by atoms with Crippen LogP contribution >= 0.6 is 11.8 Å². The van der Waals surface area contributed by atoms with Gasteiger partial charge in [0, 0.05) is 0 Å². The van der Waals surface area contributed by atoms with E-state index in [2.05, 4.69) is 4.99 Å². The SMILES string of the molecule is CCOC(=O)C1=C(O)/C(=C/c2ccc(F)cc2)SC1=Nc1ccccc1. The fourth-order valence-electron chi connectivity index (χ4n) is 2.32. The maximum atomic E-state index is 13.1. The number of para-hydroxylation sites is 1. The van der Waals surface area contributed by atoms with Gasteiger partial charge in [-0.1, -0.05) is 42.1 Å². The van der Waals surface area contributed by atoms with E-state index in [1.807, 2.05) is 18.2 Å². The first kappa shape index (κ1) is 17.9. The van der Waals surface area contributed by atoms with E-state index >= 15 is 0 Å². The van der Waals surface area contributed by atoms with Crippen LogP contribution in [-0.2, 0) is 9.53 Å². The maximum absolute atomic E-state index is 13.1. The number of ether oxygens (including phenoxy) is 1. The first-order valence-corrected chi connectivity index (χ1v) is 8.80. The van der Waals surface area contributed by atoms with Crippen LogP contribution in [0.1, 0.15) is 12.5 Å². The van der Waals surface area contributed by atoms with Gasteiger partial charge in [0.25, 0.3) is 0 Å². The first-order valence-electron chi connectivity index (χ1n) is 7.98. The molecule has 0 fully saturated rings. The molecular weight excluding hydrogens is 353 g/mol. The van der Waals surface area contributed by atoms with E-state index < -0.39 is 5.97 Å². The Labute approximate surface area is 154 Å². The maximum Gasteiger partial charge on any atom is 0.344 e. The molecular formula is C20H16FNO3S. The molecule has 0 aromatic heterocycles. The topological polar surface area (TPSA) is 58.9 Å². The van der Waals surface area contributed by atoms with Crippen LogP contribution in [0.2, 0.25) is 0 Å². The fourth-order valence-corrected chi connectivity index (χ4v) is 3.36. The minimum atomic E-state index is -0.630. The molecule has 1 heterocycles. The van der Waals surface area contributed by atoms with Crippen LogP contribution in [0.25, 0.3) is 6.08 Å². The third-order valence-corrected chi connectivity index (χ3v) is 4.54. The Morgan fingerprint density at radius 1 is 1.19 bits per heavy atom. The number of hydrogen-bond acceptors (Lipinski definition) is 5. The number of hydrogen-bond donors (Lipinski definition) is 1. The lowest BCUT2D eigenvalue weighted by molar-refractivity contribution is -0.138. The lowest BCUT2D eigenvalue weighted by Gasteiger charge is -2.03. The average Bonchev–Trinajstić information content (AvgIpc) is 2.93. The van der Waals surface area contributed by atoms with Gasteiger partial charge in [-0.2, -0.15) is 0 Å². The van der Waals surface area contributed by atoms with E-state index in [4.69, 9.17) is 4.74 Å². The summed E-state index contributed by atoms with van der Waals surface area (Å²) in [6, 6.07) is 15.0. The van der Waals surface area contributed by atoms with Gasteiger partial charge in [-0.05, 0) is 42.8 Å². The Morgan fingerprint density at radius 3 is 2.54 bits per heavy atom. The second-order valence-electron chi connectivity index (χ2n) is 5.36. The van der Waals surface area contributed by atoms with Crippen molar-refractivity contribution in [3.8, 4) is 0 Å². The second kappa shape index (κ2) is 8.01. The summed E-state index contributed by atoms with van der Waals surface area (Å²) < 4.78 is 18.1. The number of esters is 1. The Kier molecular flexibility index (Phi) is 5.53. The highest BCUT2D eigenvalue weighted by molar-refractivity contribution is 8.18. The van der Waals surface area contributed by atoms with Crippen LogP contribution in [0.15, 0.2) is 75.8 Å². The van der Waals surface area contributed by atoms with Crippen molar-refractivity contribution < 1.29 is 19.0 Å². The molecule has 132 valence electrons. The molecule has 0 atom stereocenters. The molecule has 1 N–H and O–H groups in total. The number of nitrogens with zero attached hydrogens (tertiary/aromatic N) is 1. The number of thioether (sulfide) groups is 1. The Morgan fingerprint density at radius 2 is 1.88 bits per heavy atom. The lowest BCUT2D eigenvalue weighted by atomic mass is 10.1. The highest BCUT2D eigenvalue weighted by atomic mass is 32.2. The van der Waals surface area contributed by atoms with Gasteiger partial charge in [-0.3, -0.25) is 0 Å². The predicted molar refractivity (Wildman–Crippen MR) is 102 cm³/mol. The zero-order valence-corrected chi connectivity index (χ0v) is 14.8. The summed E-state index contributed by atoms with van der Waals surface area (Å²) in [5.41, 5.74) is 1.39. The quantitative estimate of drug-likeness (QED) is 0.769. The van der Waals surface area contributed by atoms with Gasteiger partial charge < -0.3 is 9.84 Å². The Hall–Kier alpha value is -2.86. The largest absolute Gasteiger partial charge is 0.506 e. The van der Waals surface area contributed by atoms with Crippen molar-refractivity contribution in [1.82, 2.24) is 0 Å². The monoisotopic (exact) mass is 369 g/mol. The predicted octanol–water partition coefficient (Wildman–Crippen LogP) is 5.02. The molecule has 2 aromatic carbocycles. The van der Waals surface area contributed by atoms with Crippen LogP contribution in [0.5, 0.6) is 0 Å². The Balaban J connectivity index is 2.02. The van der Waals surface area contributed by atoms with E-state index in [0.717, 1.165) is 0 Å². The van der Waals surface area contributed by atoms with Gasteiger partial charge in [-0.25, -0.2) is 14.2 Å². The fraction of sp³-hybridized carbons (Fsp3) is 0.100. The molecule has 0 saturated heterocycles. The molecule has 0 bridgehead atoms. The molecule has 1 aliphatic heterocycles. The number of halogens is 1.